The van der Waals surface area contributed by atoms with Gasteiger partial charge in [-0.15, -0.1) is 0 Å². The van der Waals surface area contributed by atoms with Crippen LogP contribution < -0.4 is 9.13 Å². The van der Waals surface area contributed by atoms with Crippen molar-refractivity contribution in [3.05, 3.63) is 37.9 Å². The van der Waals surface area contributed by atoms with E-state index < -0.39 is 0 Å². The van der Waals surface area contributed by atoms with E-state index in [2.05, 4.69) is 70.1 Å². The second-order valence-electron chi connectivity index (χ2n) is 9.05. The zero-order valence-corrected chi connectivity index (χ0v) is 21.0. The normalized spacial score (nSPS) is 11.2. The molecular formula is C28H48N4+2. The van der Waals surface area contributed by atoms with Gasteiger partial charge < -0.3 is 0 Å². The van der Waals surface area contributed by atoms with Gasteiger partial charge in [-0.05, 0) is 25.7 Å². The van der Waals surface area contributed by atoms with E-state index in [1.165, 1.54) is 102 Å². The van der Waals surface area contributed by atoms with Gasteiger partial charge in [-0.1, -0.05) is 91.2 Å². The van der Waals surface area contributed by atoms with Gasteiger partial charge in [0.15, 0.2) is 0 Å². The van der Waals surface area contributed by atoms with Gasteiger partial charge in [-0.3, -0.25) is 0 Å². The first-order valence-electron chi connectivity index (χ1n) is 13.2. The van der Waals surface area contributed by atoms with E-state index in [1.54, 1.807) is 0 Å². The maximum absolute atomic E-state index is 4.05. The second-order valence-corrected chi connectivity index (χ2v) is 9.05. The molecule has 0 aliphatic heterocycles. The van der Waals surface area contributed by atoms with Crippen molar-refractivity contribution >= 4 is 12.4 Å². The van der Waals surface area contributed by atoms with Crippen LogP contribution in [0.5, 0.6) is 0 Å². The van der Waals surface area contributed by atoms with Gasteiger partial charge >= 0.3 is 11.6 Å². The molecule has 0 saturated carbocycles. The van der Waals surface area contributed by atoms with Gasteiger partial charge in [0.25, 0.3) is 0 Å². The molecule has 0 aromatic carbocycles. The molecule has 4 heteroatoms. The highest BCUT2D eigenvalue weighted by atomic mass is 15.2. The van der Waals surface area contributed by atoms with Crippen LogP contribution in [-0.2, 0) is 13.1 Å². The van der Waals surface area contributed by atoms with Crippen molar-refractivity contribution in [3.63, 3.8) is 0 Å². The van der Waals surface area contributed by atoms with Gasteiger partial charge in [0.05, 0.1) is 25.5 Å². The van der Waals surface area contributed by atoms with Crippen molar-refractivity contribution in [1.82, 2.24) is 9.13 Å². The Hall–Kier alpha value is -2.10. The molecule has 178 valence electrons. The highest BCUT2D eigenvalue weighted by Crippen LogP contribution is 2.16. The summed E-state index contributed by atoms with van der Waals surface area (Å²) in [5, 5.41) is 0. The van der Waals surface area contributed by atoms with E-state index in [0.29, 0.717) is 0 Å². The molecule has 0 fully saturated rings. The molecular weight excluding hydrogens is 392 g/mol. The average Bonchev–Trinajstić information content (AvgIpc) is 3.40. The molecule has 0 aliphatic rings. The van der Waals surface area contributed by atoms with E-state index in [1.807, 2.05) is 12.4 Å². The molecule has 0 N–H and O–H groups in total. The van der Waals surface area contributed by atoms with Crippen LogP contribution in [0.1, 0.15) is 104 Å². The summed E-state index contributed by atoms with van der Waals surface area (Å²) in [5.74, 6) is 2.38. The smallest absolute Gasteiger partial charge is 0.223 e. The summed E-state index contributed by atoms with van der Waals surface area (Å²) < 4.78 is 9.06. The number of hydrogen-bond donors (Lipinski definition) is 0. The minimum Gasteiger partial charge on any atom is -0.223 e. The average molecular weight is 441 g/mol. The molecule has 4 nitrogen and oxygen atoms in total. The van der Waals surface area contributed by atoms with E-state index in [9.17, 15) is 0 Å². The number of hydrogen-bond acceptors (Lipinski definition) is 0. The van der Waals surface area contributed by atoms with Gasteiger partial charge in [-0.25, -0.2) is 9.13 Å². The predicted molar refractivity (Wildman–Crippen MR) is 137 cm³/mol. The quantitative estimate of drug-likeness (QED) is 0.162. The fourth-order valence-electron chi connectivity index (χ4n) is 4.51. The monoisotopic (exact) mass is 440 g/mol. The lowest BCUT2D eigenvalue weighted by atomic mass is 10.1. The molecule has 2 aromatic rings. The summed E-state index contributed by atoms with van der Waals surface area (Å²) in [6.45, 7) is 14.7. The number of aryl methyl sites for hydroxylation is 2. The lowest BCUT2D eigenvalue weighted by molar-refractivity contribution is -0.715. The van der Waals surface area contributed by atoms with Crippen molar-refractivity contribution in [2.45, 2.75) is 117 Å². The number of aromatic nitrogens is 4. The molecule has 0 unspecified atom stereocenters. The Balaban J connectivity index is 1.95. The number of rotatable bonds is 19. The van der Waals surface area contributed by atoms with Crippen molar-refractivity contribution < 1.29 is 9.13 Å². The molecule has 32 heavy (non-hydrogen) atoms. The van der Waals surface area contributed by atoms with Gasteiger partial charge in [0.1, 0.15) is 24.8 Å². The second kappa shape index (κ2) is 15.7. The Morgan fingerprint density at radius 2 is 0.938 bits per heavy atom. The van der Waals surface area contributed by atoms with Gasteiger partial charge in [0, 0.05) is 0 Å². The van der Waals surface area contributed by atoms with Crippen LogP contribution in [0, 0.1) is 0 Å². The third kappa shape index (κ3) is 8.11. The minimum absolute atomic E-state index is 1.04. The van der Waals surface area contributed by atoms with E-state index in [4.69, 9.17) is 0 Å². The van der Waals surface area contributed by atoms with Crippen LogP contribution >= 0.6 is 0 Å². The van der Waals surface area contributed by atoms with Crippen molar-refractivity contribution in [2.24, 2.45) is 0 Å². The summed E-state index contributed by atoms with van der Waals surface area (Å²) in [6.07, 6.45) is 31.2. The summed E-state index contributed by atoms with van der Waals surface area (Å²) in [6, 6.07) is 0. The van der Waals surface area contributed by atoms with Crippen molar-refractivity contribution in [3.8, 4) is 11.6 Å². The molecule has 0 spiro atoms. The van der Waals surface area contributed by atoms with Crippen LogP contribution in [0.4, 0.5) is 0 Å². The molecule has 0 amide bonds. The summed E-state index contributed by atoms with van der Waals surface area (Å²) >= 11 is 0. The topological polar surface area (TPSA) is 17.6 Å². The van der Waals surface area contributed by atoms with Crippen molar-refractivity contribution in [2.75, 3.05) is 0 Å². The predicted octanol–water partition coefficient (Wildman–Crippen LogP) is 7.23. The van der Waals surface area contributed by atoms with Gasteiger partial charge in [0.2, 0.25) is 0 Å². The highest BCUT2D eigenvalue weighted by Gasteiger charge is 2.31. The summed E-state index contributed by atoms with van der Waals surface area (Å²) in [5.41, 5.74) is 0. The standard InChI is InChI=1S/C28H48N4/c1-5-9-11-13-14-15-16-17-18-20-22-32-26-24-30(8-4)28(32)27-29(7-3)23-25-31(27)21-19-12-10-6-2/h7-8,23-26H,3-6,9-22H2,1-2H3/q+2. The summed E-state index contributed by atoms with van der Waals surface area (Å²) in [7, 11) is 0. The third-order valence-electron chi connectivity index (χ3n) is 6.45. The summed E-state index contributed by atoms with van der Waals surface area (Å²) in [4.78, 5) is 0. The van der Waals surface area contributed by atoms with Crippen molar-refractivity contribution in [1.29, 1.82) is 0 Å². The maximum atomic E-state index is 4.05. The first kappa shape index (κ1) is 26.2. The van der Waals surface area contributed by atoms with Crippen LogP contribution in [0.15, 0.2) is 37.9 Å². The lowest BCUT2D eigenvalue weighted by Gasteiger charge is -2.05. The molecule has 0 radical (unpaired) electrons. The Labute approximate surface area is 197 Å². The fourth-order valence-corrected chi connectivity index (χ4v) is 4.51. The largest absolute Gasteiger partial charge is 0.378 e. The molecule has 2 rings (SSSR count). The molecule has 0 bridgehead atoms. The lowest BCUT2D eigenvalue weighted by Crippen LogP contribution is -2.42. The van der Waals surface area contributed by atoms with Crippen LogP contribution in [0.2, 0.25) is 0 Å². The number of nitrogens with zero attached hydrogens (tertiary/aromatic N) is 4. The van der Waals surface area contributed by atoms with E-state index >= 15 is 0 Å². The van der Waals surface area contributed by atoms with Gasteiger partial charge in [-0.2, -0.15) is 9.13 Å². The first-order chi connectivity index (χ1) is 15.8. The Bertz CT molecular complexity index is 783. The number of imidazole rings is 2. The minimum atomic E-state index is 1.04. The third-order valence-corrected chi connectivity index (χ3v) is 6.45. The molecule has 0 aliphatic carbocycles. The van der Waals surface area contributed by atoms with Crippen LogP contribution in [0.25, 0.3) is 24.0 Å². The van der Waals surface area contributed by atoms with E-state index in [-0.39, 0.29) is 0 Å². The maximum Gasteiger partial charge on any atom is 0.378 e. The molecule has 0 atom stereocenters. The Morgan fingerprint density at radius 3 is 1.31 bits per heavy atom. The first-order valence-corrected chi connectivity index (χ1v) is 13.2. The molecule has 0 saturated heterocycles. The van der Waals surface area contributed by atoms with Crippen LogP contribution in [-0.4, -0.2) is 9.13 Å². The van der Waals surface area contributed by atoms with Crippen LogP contribution in [0.3, 0.4) is 0 Å². The van der Waals surface area contributed by atoms with E-state index in [0.717, 1.165) is 13.1 Å². The SMILES string of the molecule is C=Cn1cc[n+](CCCCCC)c1-c1n(C=C)cc[n+]1CCCCCCCCCCCC. The number of unbranched alkanes of at least 4 members (excludes halogenated alkanes) is 12. The molecule has 2 aromatic heterocycles. The Kier molecular flexibility index (Phi) is 12.8. The zero-order chi connectivity index (χ0) is 23.0. The zero-order valence-electron chi connectivity index (χ0n) is 21.0. The Morgan fingerprint density at radius 1 is 0.594 bits per heavy atom. The molecule has 2 heterocycles. The highest BCUT2D eigenvalue weighted by molar-refractivity contribution is 5.46. The fraction of sp³-hybridized carbons (Fsp3) is 0.643.